The first-order valence-corrected chi connectivity index (χ1v) is 13.7. The van der Waals surface area contributed by atoms with E-state index in [1.165, 1.54) is 12.1 Å². The molecule has 3 aromatic rings. The lowest BCUT2D eigenvalue weighted by molar-refractivity contribution is -0.150. The quantitative estimate of drug-likeness (QED) is 0.332. The Labute approximate surface area is 241 Å². The maximum Gasteiger partial charge on any atom is 0.311 e. The van der Waals surface area contributed by atoms with Crippen molar-refractivity contribution in [1.29, 1.82) is 0 Å². The van der Waals surface area contributed by atoms with Crippen LogP contribution in [0.15, 0.2) is 84.0 Å². The average Bonchev–Trinajstić information content (AvgIpc) is 2.95. The second-order valence-corrected chi connectivity index (χ2v) is 11.2. The molecule has 0 fully saturated rings. The molecule has 1 N–H and O–H groups in total. The van der Waals surface area contributed by atoms with Crippen LogP contribution in [0.2, 0.25) is 0 Å². The van der Waals surface area contributed by atoms with Crippen LogP contribution in [0, 0.1) is 11.3 Å². The van der Waals surface area contributed by atoms with E-state index in [9.17, 15) is 14.4 Å². The zero-order valence-corrected chi connectivity index (χ0v) is 24.2. The molecule has 2 amide bonds. The molecular weight excluding hydrogens is 518 g/mol. The van der Waals surface area contributed by atoms with Gasteiger partial charge in [-0.3, -0.25) is 14.4 Å². The molecule has 0 aromatic heterocycles. The first-order valence-electron chi connectivity index (χ1n) is 13.7. The Morgan fingerprint density at radius 1 is 1.00 bits per heavy atom. The molecule has 214 valence electrons. The molecule has 3 aromatic carbocycles. The molecule has 0 aliphatic carbocycles. The van der Waals surface area contributed by atoms with Gasteiger partial charge in [0.05, 0.1) is 25.0 Å². The summed E-state index contributed by atoms with van der Waals surface area (Å²) < 4.78 is 10.5. The van der Waals surface area contributed by atoms with E-state index in [2.05, 4.69) is 10.4 Å². The highest BCUT2D eigenvalue weighted by atomic mass is 16.5. The van der Waals surface area contributed by atoms with Crippen LogP contribution in [0.3, 0.4) is 0 Å². The number of amides is 2. The number of nitrogens with zero attached hydrogens (tertiary/aromatic N) is 2. The molecular formula is C33H37N3O5. The third-order valence-electron chi connectivity index (χ3n) is 7.05. The highest BCUT2D eigenvalue weighted by Crippen LogP contribution is 2.29. The molecule has 1 aliphatic rings. The molecule has 0 bridgehead atoms. The van der Waals surface area contributed by atoms with Gasteiger partial charge in [-0.15, -0.1) is 5.10 Å². The predicted molar refractivity (Wildman–Crippen MR) is 158 cm³/mol. The third-order valence-corrected chi connectivity index (χ3v) is 7.05. The SMILES string of the molecule is COC(=O)C(C)(C)Cc1cccc(NC(=O)C(c2ccc(CN3N=C(c4ccccc4)OCC3=O)cc2)C(C)C)c1. The van der Waals surface area contributed by atoms with Gasteiger partial charge in [0.25, 0.3) is 5.91 Å². The highest BCUT2D eigenvalue weighted by molar-refractivity contribution is 5.98. The molecule has 0 radical (unpaired) electrons. The smallest absolute Gasteiger partial charge is 0.311 e. The maximum atomic E-state index is 13.5. The van der Waals surface area contributed by atoms with E-state index in [0.29, 0.717) is 24.6 Å². The number of anilines is 1. The molecule has 0 saturated carbocycles. The molecule has 8 nitrogen and oxygen atoms in total. The minimum atomic E-state index is -0.681. The Hall–Kier alpha value is -4.46. The number of benzene rings is 3. The van der Waals surface area contributed by atoms with Gasteiger partial charge >= 0.3 is 5.97 Å². The van der Waals surface area contributed by atoms with Gasteiger partial charge in [0.2, 0.25) is 11.8 Å². The lowest BCUT2D eigenvalue weighted by atomic mass is 9.85. The number of hydrogen-bond acceptors (Lipinski definition) is 6. The Kier molecular flexibility index (Phi) is 9.22. The Bertz CT molecular complexity index is 1410. The minimum Gasteiger partial charge on any atom is -0.469 e. The van der Waals surface area contributed by atoms with E-state index in [1.54, 1.807) is 0 Å². The number of hydrogen-bond donors (Lipinski definition) is 1. The number of rotatable bonds is 10. The van der Waals surface area contributed by atoms with Crippen LogP contribution in [0.5, 0.6) is 0 Å². The van der Waals surface area contributed by atoms with Gasteiger partial charge in [0, 0.05) is 11.3 Å². The fraction of sp³-hybridized carbons (Fsp3) is 0.333. The molecule has 0 saturated heterocycles. The second-order valence-electron chi connectivity index (χ2n) is 11.2. The zero-order chi connectivity index (χ0) is 29.6. The number of esters is 1. The molecule has 1 aliphatic heterocycles. The predicted octanol–water partition coefficient (Wildman–Crippen LogP) is 5.53. The van der Waals surface area contributed by atoms with E-state index >= 15 is 0 Å². The van der Waals surface area contributed by atoms with Crippen molar-refractivity contribution < 1.29 is 23.9 Å². The summed E-state index contributed by atoms with van der Waals surface area (Å²) in [6.45, 7) is 7.94. The number of ether oxygens (including phenoxy) is 2. The first kappa shape index (κ1) is 29.5. The summed E-state index contributed by atoms with van der Waals surface area (Å²) in [5, 5.41) is 8.90. The summed E-state index contributed by atoms with van der Waals surface area (Å²) in [5.41, 5.74) is 3.51. The van der Waals surface area contributed by atoms with Crippen molar-refractivity contribution in [2.24, 2.45) is 16.4 Å². The zero-order valence-electron chi connectivity index (χ0n) is 24.2. The van der Waals surface area contributed by atoms with Gasteiger partial charge in [0.1, 0.15) is 0 Å². The molecule has 8 heteroatoms. The number of carbonyl (C=O) groups excluding carboxylic acids is 3. The summed E-state index contributed by atoms with van der Waals surface area (Å²) in [4.78, 5) is 38.0. The fourth-order valence-electron chi connectivity index (χ4n) is 4.92. The number of nitrogens with one attached hydrogen (secondary N) is 1. The minimum absolute atomic E-state index is 0.0427. The van der Waals surface area contributed by atoms with Gasteiger partial charge in [-0.1, -0.05) is 68.4 Å². The molecule has 41 heavy (non-hydrogen) atoms. The number of methoxy groups -OCH3 is 1. The van der Waals surface area contributed by atoms with Gasteiger partial charge < -0.3 is 14.8 Å². The van der Waals surface area contributed by atoms with Crippen molar-refractivity contribution >= 4 is 29.4 Å². The molecule has 1 unspecified atom stereocenters. The van der Waals surface area contributed by atoms with E-state index in [-0.39, 0.29) is 36.2 Å². The number of carbonyl (C=O) groups is 3. The van der Waals surface area contributed by atoms with Crippen LogP contribution in [0.1, 0.15) is 55.9 Å². The Morgan fingerprint density at radius 3 is 2.37 bits per heavy atom. The van der Waals surface area contributed by atoms with E-state index in [0.717, 1.165) is 22.3 Å². The average molecular weight is 556 g/mol. The molecule has 0 spiro atoms. The van der Waals surface area contributed by atoms with Crippen molar-refractivity contribution in [3.63, 3.8) is 0 Å². The van der Waals surface area contributed by atoms with E-state index in [1.807, 2.05) is 107 Å². The van der Waals surface area contributed by atoms with Crippen LogP contribution < -0.4 is 5.32 Å². The van der Waals surface area contributed by atoms with E-state index in [4.69, 9.17) is 9.47 Å². The second kappa shape index (κ2) is 12.8. The largest absolute Gasteiger partial charge is 0.469 e. The summed E-state index contributed by atoms with van der Waals surface area (Å²) in [6, 6.07) is 24.7. The van der Waals surface area contributed by atoms with Crippen LogP contribution in [-0.2, 0) is 36.8 Å². The first-order chi connectivity index (χ1) is 19.6. The molecule has 1 heterocycles. The van der Waals surface area contributed by atoms with Crippen LogP contribution in [0.4, 0.5) is 5.69 Å². The normalized spacial score (nSPS) is 14.2. The fourth-order valence-corrected chi connectivity index (χ4v) is 4.92. The van der Waals surface area contributed by atoms with Gasteiger partial charge in [0.15, 0.2) is 6.61 Å². The van der Waals surface area contributed by atoms with E-state index < -0.39 is 5.41 Å². The maximum absolute atomic E-state index is 13.5. The van der Waals surface area contributed by atoms with Crippen molar-refractivity contribution in [3.05, 3.63) is 101 Å². The van der Waals surface area contributed by atoms with Crippen molar-refractivity contribution in [2.75, 3.05) is 19.0 Å². The lowest BCUT2D eigenvalue weighted by Gasteiger charge is -2.25. The molecule has 1 atom stereocenters. The molecule has 4 rings (SSSR count). The summed E-state index contributed by atoms with van der Waals surface area (Å²) in [6.07, 6.45) is 0.487. The van der Waals surface area contributed by atoms with Crippen molar-refractivity contribution in [1.82, 2.24) is 5.01 Å². The summed E-state index contributed by atoms with van der Waals surface area (Å²) in [5.74, 6) is -0.538. The Balaban J connectivity index is 1.45. The third kappa shape index (κ3) is 7.39. The van der Waals surface area contributed by atoms with Crippen LogP contribution in [-0.4, -0.2) is 42.4 Å². The van der Waals surface area contributed by atoms with Gasteiger partial charge in [-0.25, -0.2) is 5.01 Å². The summed E-state index contributed by atoms with van der Waals surface area (Å²) in [7, 11) is 1.39. The monoisotopic (exact) mass is 555 g/mol. The Morgan fingerprint density at radius 2 is 1.71 bits per heavy atom. The summed E-state index contributed by atoms with van der Waals surface area (Å²) >= 11 is 0. The van der Waals surface area contributed by atoms with Crippen molar-refractivity contribution in [2.45, 2.75) is 46.6 Å². The highest BCUT2D eigenvalue weighted by Gasteiger charge is 2.29. The van der Waals surface area contributed by atoms with Gasteiger partial charge in [-0.05, 0) is 67.1 Å². The topological polar surface area (TPSA) is 97.3 Å². The van der Waals surface area contributed by atoms with Crippen LogP contribution in [0.25, 0.3) is 0 Å². The number of hydrazone groups is 1. The van der Waals surface area contributed by atoms with Gasteiger partial charge in [-0.2, -0.15) is 0 Å². The van der Waals surface area contributed by atoms with Crippen molar-refractivity contribution in [3.8, 4) is 0 Å². The van der Waals surface area contributed by atoms with Crippen LogP contribution >= 0.6 is 0 Å². The lowest BCUT2D eigenvalue weighted by Crippen LogP contribution is -2.36. The standard InChI is InChI=1S/C33H37N3O5/c1-22(2)29(30(38)34-27-13-9-10-24(18-27)19-33(3,4)32(39)40-5)25-16-14-23(15-17-25)20-36-28(37)21-41-31(35-36)26-11-7-6-8-12-26/h6-18,22,29H,19-21H2,1-5H3,(H,34,38).